The zero-order valence-electron chi connectivity index (χ0n) is 13.8. The van der Waals surface area contributed by atoms with Crippen LogP contribution in [0.4, 0.5) is 13.2 Å². The average Bonchev–Trinajstić information content (AvgIpc) is 2.91. The van der Waals surface area contributed by atoms with Gasteiger partial charge in [-0.3, -0.25) is 4.57 Å². The monoisotopic (exact) mass is 390 g/mol. The van der Waals surface area contributed by atoms with E-state index in [4.69, 9.17) is 0 Å². The average molecular weight is 390 g/mol. The maximum Gasteiger partial charge on any atom is 0.451 e. The third-order valence-electron chi connectivity index (χ3n) is 4.41. The molecule has 0 saturated carbocycles. The summed E-state index contributed by atoms with van der Waals surface area (Å²) in [6.07, 6.45) is -4.31. The van der Waals surface area contributed by atoms with Crippen LogP contribution in [0.3, 0.4) is 0 Å². The van der Waals surface area contributed by atoms with Crippen molar-refractivity contribution in [1.29, 1.82) is 0 Å². The second-order valence-electron chi connectivity index (χ2n) is 6.06. The number of alkyl halides is 3. The Hall–Kier alpha value is -2.14. The molecule has 0 spiro atoms. The molecule has 1 aromatic heterocycles. The van der Waals surface area contributed by atoms with Crippen LogP contribution in [-0.4, -0.2) is 40.2 Å². The van der Waals surface area contributed by atoms with E-state index in [0.717, 1.165) is 11.7 Å². The number of benzene rings is 1. The SMILES string of the molecule is Cn1c(C(F)(F)F)nn(C2CCN(S(=O)(=O)c3ccccc3)CC2)c1=O. The first-order chi connectivity index (χ1) is 12.1. The third kappa shape index (κ3) is 3.28. The molecular weight excluding hydrogens is 373 g/mol. The molecule has 2 aromatic rings. The molecule has 26 heavy (non-hydrogen) atoms. The predicted octanol–water partition coefficient (Wildman–Crippen LogP) is 1.63. The Kier molecular flexibility index (Phi) is 4.69. The minimum absolute atomic E-state index is 0.103. The fraction of sp³-hybridized carbons (Fsp3) is 0.467. The summed E-state index contributed by atoms with van der Waals surface area (Å²) in [6, 6.07) is 7.33. The van der Waals surface area contributed by atoms with E-state index in [-0.39, 0.29) is 30.8 Å². The first-order valence-corrected chi connectivity index (χ1v) is 9.34. The minimum Gasteiger partial charge on any atom is -0.274 e. The summed E-state index contributed by atoms with van der Waals surface area (Å²) in [6.45, 7) is 0.207. The number of aromatic nitrogens is 3. The van der Waals surface area contributed by atoms with Crippen LogP contribution in [0.25, 0.3) is 0 Å². The van der Waals surface area contributed by atoms with Crippen LogP contribution in [0.5, 0.6) is 0 Å². The van der Waals surface area contributed by atoms with Gasteiger partial charge in [0.05, 0.1) is 10.9 Å². The molecule has 1 aliphatic heterocycles. The van der Waals surface area contributed by atoms with Crippen molar-refractivity contribution >= 4 is 10.0 Å². The molecule has 1 fully saturated rings. The van der Waals surface area contributed by atoms with E-state index in [2.05, 4.69) is 5.10 Å². The molecule has 0 amide bonds. The molecule has 7 nitrogen and oxygen atoms in total. The highest BCUT2D eigenvalue weighted by Gasteiger charge is 2.39. The molecule has 2 heterocycles. The first-order valence-electron chi connectivity index (χ1n) is 7.90. The van der Waals surface area contributed by atoms with Crippen molar-refractivity contribution in [2.24, 2.45) is 7.05 Å². The quantitative estimate of drug-likeness (QED) is 0.798. The summed E-state index contributed by atoms with van der Waals surface area (Å²) < 4.78 is 66.4. The topological polar surface area (TPSA) is 77.2 Å². The van der Waals surface area contributed by atoms with Gasteiger partial charge in [-0.05, 0) is 25.0 Å². The number of rotatable bonds is 3. The number of hydrogen-bond acceptors (Lipinski definition) is 4. The van der Waals surface area contributed by atoms with Crippen LogP contribution in [0.2, 0.25) is 0 Å². The van der Waals surface area contributed by atoms with Gasteiger partial charge in [0.1, 0.15) is 0 Å². The lowest BCUT2D eigenvalue weighted by molar-refractivity contribution is -0.147. The van der Waals surface area contributed by atoms with Crippen LogP contribution in [-0.2, 0) is 23.2 Å². The maximum atomic E-state index is 12.9. The van der Waals surface area contributed by atoms with Gasteiger partial charge in [-0.15, -0.1) is 5.10 Å². The van der Waals surface area contributed by atoms with Gasteiger partial charge in [0.15, 0.2) is 0 Å². The van der Waals surface area contributed by atoms with Crippen molar-refractivity contribution in [3.05, 3.63) is 46.6 Å². The van der Waals surface area contributed by atoms with Gasteiger partial charge in [0.25, 0.3) is 0 Å². The Balaban J connectivity index is 1.79. The number of nitrogens with zero attached hydrogens (tertiary/aromatic N) is 4. The molecule has 0 aliphatic carbocycles. The van der Waals surface area contributed by atoms with Crippen molar-refractivity contribution in [3.63, 3.8) is 0 Å². The van der Waals surface area contributed by atoms with Crippen LogP contribution < -0.4 is 5.69 Å². The molecule has 0 unspecified atom stereocenters. The number of hydrogen-bond donors (Lipinski definition) is 0. The zero-order chi connectivity index (χ0) is 19.1. The Morgan fingerprint density at radius 3 is 2.19 bits per heavy atom. The fourth-order valence-corrected chi connectivity index (χ4v) is 4.50. The van der Waals surface area contributed by atoms with E-state index in [1.807, 2.05) is 0 Å². The lowest BCUT2D eigenvalue weighted by Gasteiger charge is -2.30. The molecule has 3 rings (SSSR count). The Bertz CT molecular complexity index is 943. The van der Waals surface area contributed by atoms with Gasteiger partial charge >= 0.3 is 11.9 Å². The summed E-state index contributed by atoms with van der Waals surface area (Å²) in [7, 11) is -2.65. The Morgan fingerprint density at radius 2 is 1.69 bits per heavy atom. The van der Waals surface area contributed by atoms with Crippen molar-refractivity contribution in [2.45, 2.75) is 30.0 Å². The summed E-state index contributed by atoms with van der Waals surface area (Å²) in [4.78, 5) is 12.2. The van der Waals surface area contributed by atoms with Gasteiger partial charge in [-0.2, -0.15) is 17.5 Å². The number of sulfonamides is 1. The predicted molar refractivity (Wildman–Crippen MR) is 85.9 cm³/mol. The van der Waals surface area contributed by atoms with Crippen molar-refractivity contribution in [1.82, 2.24) is 18.7 Å². The lowest BCUT2D eigenvalue weighted by Crippen LogP contribution is -2.41. The Labute approximate surface area is 147 Å². The zero-order valence-corrected chi connectivity index (χ0v) is 14.7. The minimum atomic E-state index is -4.73. The summed E-state index contributed by atoms with van der Waals surface area (Å²) in [5.41, 5.74) is -0.860. The summed E-state index contributed by atoms with van der Waals surface area (Å²) >= 11 is 0. The highest BCUT2D eigenvalue weighted by molar-refractivity contribution is 7.89. The maximum absolute atomic E-state index is 12.9. The van der Waals surface area contributed by atoms with E-state index in [9.17, 15) is 26.4 Å². The molecule has 142 valence electrons. The number of piperidine rings is 1. The summed E-state index contributed by atoms with van der Waals surface area (Å²) in [5.74, 6) is -1.26. The Morgan fingerprint density at radius 1 is 1.12 bits per heavy atom. The van der Waals surface area contributed by atoms with E-state index in [1.165, 1.54) is 16.4 Å². The fourth-order valence-electron chi connectivity index (χ4n) is 3.01. The molecule has 0 atom stereocenters. The van der Waals surface area contributed by atoms with Crippen molar-refractivity contribution in [3.8, 4) is 0 Å². The molecule has 1 saturated heterocycles. The normalized spacial score (nSPS) is 17.5. The highest BCUT2D eigenvalue weighted by Crippen LogP contribution is 2.29. The smallest absolute Gasteiger partial charge is 0.274 e. The molecule has 0 radical (unpaired) electrons. The molecule has 0 N–H and O–H groups in total. The van der Waals surface area contributed by atoms with E-state index in [0.29, 0.717) is 4.57 Å². The van der Waals surface area contributed by atoms with Crippen molar-refractivity contribution in [2.75, 3.05) is 13.1 Å². The van der Waals surface area contributed by atoms with E-state index >= 15 is 0 Å². The standard InChI is InChI=1S/C15H17F3N4O3S/c1-20-13(15(16,17)18)19-22(14(20)23)11-7-9-21(10-8-11)26(24,25)12-5-3-2-4-6-12/h2-6,11H,7-10H2,1H3. The van der Waals surface area contributed by atoms with Crippen LogP contribution in [0.15, 0.2) is 40.0 Å². The lowest BCUT2D eigenvalue weighted by atomic mass is 10.1. The van der Waals surface area contributed by atoms with Crippen LogP contribution in [0.1, 0.15) is 24.7 Å². The molecular formula is C15H17F3N4O3S. The second-order valence-corrected chi connectivity index (χ2v) is 7.99. The highest BCUT2D eigenvalue weighted by atomic mass is 32.2. The first kappa shape index (κ1) is 18.6. The number of halogens is 3. The summed E-state index contributed by atoms with van der Waals surface area (Å²) in [5, 5.41) is 3.42. The molecule has 1 aliphatic rings. The third-order valence-corrected chi connectivity index (χ3v) is 6.32. The molecule has 0 bridgehead atoms. The van der Waals surface area contributed by atoms with Crippen LogP contribution >= 0.6 is 0 Å². The van der Waals surface area contributed by atoms with E-state index in [1.54, 1.807) is 18.2 Å². The second kappa shape index (κ2) is 6.54. The largest absolute Gasteiger partial charge is 0.451 e. The van der Waals surface area contributed by atoms with Gasteiger partial charge in [0.2, 0.25) is 15.8 Å². The molecule has 11 heteroatoms. The van der Waals surface area contributed by atoms with Crippen molar-refractivity contribution < 1.29 is 21.6 Å². The van der Waals surface area contributed by atoms with Gasteiger partial charge in [-0.25, -0.2) is 17.9 Å². The van der Waals surface area contributed by atoms with Gasteiger partial charge < -0.3 is 0 Å². The van der Waals surface area contributed by atoms with Gasteiger partial charge in [-0.1, -0.05) is 18.2 Å². The molecule has 1 aromatic carbocycles. The van der Waals surface area contributed by atoms with Gasteiger partial charge in [0, 0.05) is 20.1 Å². The van der Waals surface area contributed by atoms with Crippen LogP contribution in [0, 0.1) is 0 Å². The van der Waals surface area contributed by atoms with E-state index < -0.39 is 33.8 Å².